The van der Waals surface area contributed by atoms with Crippen LogP contribution in [-0.2, 0) is 0 Å². The number of hydrogen-bond donors (Lipinski definition) is 1. The fourth-order valence-corrected chi connectivity index (χ4v) is 2.63. The first-order chi connectivity index (χ1) is 8.38. The second kappa shape index (κ2) is 6.75. The standard InChI is InChI=1S/C13H24F3NO/c1-3-10(4-2)9-17-7-5-11(6-8-17)12(18)13(14,15)16/h10-12,18H,3-9H2,1-2H3. The second-order valence-electron chi connectivity index (χ2n) is 5.31. The Morgan fingerprint density at radius 3 is 2.06 bits per heavy atom. The van der Waals surface area contributed by atoms with Gasteiger partial charge in [0.25, 0.3) is 0 Å². The van der Waals surface area contributed by atoms with Crippen molar-refractivity contribution in [2.24, 2.45) is 11.8 Å². The summed E-state index contributed by atoms with van der Waals surface area (Å²) in [5.74, 6) is 0.0112. The van der Waals surface area contributed by atoms with Crippen LogP contribution >= 0.6 is 0 Å². The molecule has 0 saturated carbocycles. The monoisotopic (exact) mass is 267 g/mol. The quantitative estimate of drug-likeness (QED) is 0.827. The van der Waals surface area contributed by atoms with Crippen LogP contribution in [0.5, 0.6) is 0 Å². The fraction of sp³-hybridized carbons (Fsp3) is 1.00. The molecule has 1 rings (SSSR count). The Bertz CT molecular complexity index is 233. The average Bonchev–Trinajstić information content (AvgIpc) is 2.34. The van der Waals surface area contributed by atoms with Crippen molar-refractivity contribution < 1.29 is 18.3 Å². The molecule has 0 amide bonds. The number of likely N-dealkylation sites (tertiary alicyclic amines) is 1. The predicted octanol–water partition coefficient (Wildman–Crippen LogP) is 3.06. The topological polar surface area (TPSA) is 23.5 Å². The summed E-state index contributed by atoms with van der Waals surface area (Å²) in [6.07, 6.45) is -3.50. The van der Waals surface area contributed by atoms with E-state index in [0.717, 1.165) is 19.4 Å². The van der Waals surface area contributed by atoms with E-state index in [1.165, 1.54) is 0 Å². The average molecular weight is 267 g/mol. The van der Waals surface area contributed by atoms with Crippen LogP contribution in [0.15, 0.2) is 0 Å². The van der Waals surface area contributed by atoms with E-state index in [9.17, 15) is 18.3 Å². The highest BCUT2D eigenvalue weighted by Gasteiger charge is 2.44. The Hall–Kier alpha value is -0.290. The summed E-state index contributed by atoms with van der Waals surface area (Å²) in [7, 11) is 0. The van der Waals surface area contributed by atoms with Gasteiger partial charge in [0.2, 0.25) is 0 Å². The van der Waals surface area contributed by atoms with Gasteiger partial charge in [-0.2, -0.15) is 13.2 Å². The molecule has 1 aliphatic rings. The highest BCUT2D eigenvalue weighted by Crippen LogP contribution is 2.31. The van der Waals surface area contributed by atoms with E-state index in [4.69, 9.17) is 0 Å². The van der Waals surface area contributed by atoms with E-state index in [1.807, 2.05) is 0 Å². The van der Waals surface area contributed by atoms with Gasteiger partial charge in [-0.05, 0) is 37.8 Å². The molecule has 1 unspecified atom stereocenters. The van der Waals surface area contributed by atoms with Gasteiger partial charge >= 0.3 is 6.18 Å². The molecule has 1 fully saturated rings. The molecule has 0 aromatic carbocycles. The summed E-state index contributed by atoms with van der Waals surface area (Å²) in [6, 6.07) is 0. The molecule has 1 N–H and O–H groups in total. The molecule has 5 heteroatoms. The summed E-state index contributed by atoms with van der Waals surface area (Å²) in [6.45, 7) is 6.62. The highest BCUT2D eigenvalue weighted by molar-refractivity contribution is 4.82. The molecule has 0 spiro atoms. The maximum atomic E-state index is 12.4. The van der Waals surface area contributed by atoms with Gasteiger partial charge in [0, 0.05) is 6.54 Å². The second-order valence-corrected chi connectivity index (χ2v) is 5.31. The van der Waals surface area contributed by atoms with Gasteiger partial charge in [-0.1, -0.05) is 26.7 Å². The third-order valence-corrected chi connectivity index (χ3v) is 4.09. The van der Waals surface area contributed by atoms with Gasteiger partial charge in [0.05, 0.1) is 0 Å². The van der Waals surface area contributed by atoms with Gasteiger partial charge in [-0.3, -0.25) is 0 Å². The zero-order valence-corrected chi connectivity index (χ0v) is 11.2. The number of nitrogens with zero attached hydrogens (tertiary/aromatic N) is 1. The minimum absolute atomic E-state index is 0.445. The molecule has 108 valence electrons. The van der Waals surface area contributed by atoms with E-state index in [0.29, 0.717) is 31.8 Å². The Balaban J connectivity index is 2.37. The molecule has 0 aromatic rings. The lowest BCUT2D eigenvalue weighted by molar-refractivity contribution is -0.223. The van der Waals surface area contributed by atoms with E-state index in [1.54, 1.807) is 0 Å². The molecule has 18 heavy (non-hydrogen) atoms. The number of rotatable bonds is 5. The number of aliphatic hydroxyl groups is 1. The Morgan fingerprint density at radius 1 is 1.17 bits per heavy atom. The number of alkyl halides is 3. The van der Waals surface area contributed by atoms with Crippen LogP contribution in [0, 0.1) is 11.8 Å². The zero-order chi connectivity index (χ0) is 13.8. The van der Waals surface area contributed by atoms with Crippen LogP contribution in [0.25, 0.3) is 0 Å². The Morgan fingerprint density at radius 2 is 1.67 bits per heavy atom. The molecule has 1 aliphatic heterocycles. The molecule has 1 heterocycles. The molecular weight excluding hydrogens is 243 g/mol. The van der Waals surface area contributed by atoms with Gasteiger partial charge in [-0.25, -0.2) is 0 Å². The van der Waals surface area contributed by atoms with Crippen molar-refractivity contribution in [2.75, 3.05) is 19.6 Å². The largest absolute Gasteiger partial charge is 0.414 e. The number of aliphatic hydroxyl groups excluding tert-OH is 1. The molecule has 1 saturated heterocycles. The fourth-order valence-electron chi connectivity index (χ4n) is 2.63. The Labute approximate surface area is 107 Å². The van der Waals surface area contributed by atoms with Crippen molar-refractivity contribution in [3.05, 3.63) is 0 Å². The molecule has 0 bridgehead atoms. The molecule has 1 atom stereocenters. The minimum Gasteiger partial charge on any atom is -0.383 e. The molecule has 2 nitrogen and oxygen atoms in total. The van der Waals surface area contributed by atoms with E-state index < -0.39 is 18.2 Å². The number of hydrogen-bond acceptors (Lipinski definition) is 2. The van der Waals surface area contributed by atoms with Crippen LogP contribution in [0.3, 0.4) is 0 Å². The van der Waals surface area contributed by atoms with Crippen LogP contribution in [0.2, 0.25) is 0 Å². The van der Waals surface area contributed by atoms with E-state index >= 15 is 0 Å². The normalized spacial score (nSPS) is 21.5. The van der Waals surface area contributed by atoms with Crippen LogP contribution in [-0.4, -0.2) is 41.9 Å². The van der Waals surface area contributed by atoms with Crippen molar-refractivity contribution in [1.82, 2.24) is 4.90 Å². The highest BCUT2D eigenvalue weighted by atomic mass is 19.4. The SMILES string of the molecule is CCC(CC)CN1CCC(C(O)C(F)(F)F)CC1. The lowest BCUT2D eigenvalue weighted by atomic mass is 9.90. The van der Waals surface area contributed by atoms with Gasteiger partial charge in [0.15, 0.2) is 6.10 Å². The number of halogens is 3. The Kier molecular flexibility index (Phi) is 5.92. The van der Waals surface area contributed by atoms with Crippen molar-refractivity contribution in [1.29, 1.82) is 0 Å². The smallest absolute Gasteiger partial charge is 0.383 e. The summed E-state index contributed by atoms with van der Waals surface area (Å²) in [4.78, 5) is 2.23. The van der Waals surface area contributed by atoms with Gasteiger partial charge in [0.1, 0.15) is 0 Å². The van der Waals surface area contributed by atoms with Crippen molar-refractivity contribution in [3.8, 4) is 0 Å². The van der Waals surface area contributed by atoms with Crippen LogP contribution < -0.4 is 0 Å². The third kappa shape index (κ3) is 4.43. The maximum Gasteiger partial charge on any atom is 0.414 e. The van der Waals surface area contributed by atoms with Crippen LogP contribution in [0.1, 0.15) is 39.5 Å². The first-order valence-electron chi connectivity index (χ1n) is 6.85. The summed E-state index contributed by atoms with van der Waals surface area (Å²) < 4.78 is 37.2. The molecule has 0 radical (unpaired) electrons. The summed E-state index contributed by atoms with van der Waals surface area (Å²) >= 11 is 0. The molecule has 0 aromatic heterocycles. The first kappa shape index (κ1) is 15.8. The lowest BCUT2D eigenvalue weighted by Crippen LogP contribution is -2.44. The zero-order valence-electron chi connectivity index (χ0n) is 11.2. The lowest BCUT2D eigenvalue weighted by Gasteiger charge is -2.36. The maximum absolute atomic E-state index is 12.4. The number of piperidine rings is 1. The van der Waals surface area contributed by atoms with Crippen molar-refractivity contribution >= 4 is 0 Å². The van der Waals surface area contributed by atoms with Gasteiger partial charge < -0.3 is 10.0 Å². The van der Waals surface area contributed by atoms with Gasteiger partial charge in [-0.15, -0.1) is 0 Å². The van der Waals surface area contributed by atoms with Crippen molar-refractivity contribution in [3.63, 3.8) is 0 Å². The summed E-state index contributed by atoms with van der Waals surface area (Å²) in [5.41, 5.74) is 0. The van der Waals surface area contributed by atoms with E-state index in [-0.39, 0.29) is 0 Å². The minimum atomic E-state index is -4.47. The predicted molar refractivity (Wildman–Crippen MR) is 65.3 cm³/mol. The van der Waals surface area contributed by atoms with Crippen LogP contribution in [0.4, 0.5) is 13.2 Å². The van der Waals surface area contributed by atoms with E-state index in [2.05, 4.69) is 18.7 Å². The molecule has 0 aliphatic carbocycles. The first-order valence-corrected chi connectivity index (χ1v) is 6.85. The summed E-state index contributed by atoms with van der Waals surface area (Å²) in [5, 5.41) is 9.23. The molecular formula is C13H24F3NO. The third-order valence-electron chi connectivity index (χ3n) is 4.09. The van der Waals surface area contributed by atoms with Crippen molar-refractivity contribution in [2.45, 2.75) is 51.8 Å².